The Bertz CT molecular complexity index is 2210. The van der Waals surface area contributed by atoms with Gasteiger partial charge < -0.3 is 49.0 Å². The Balaban J connectivity index is 0.000000407. The van der Waals surface area contributed by atoms with Crippen molar-refractivity contribution < 1.29 is 92.4 Å². The van der Waals surface area contributed by atoms with E-state index in [4.69, 9.17) is 55.9 Å². The second kappa shape index (κ2) is 31.5. The van der Waals surface area contributed by atoms with Gasteiger partial charge in [-0.05, 0) is 54.1 Å². The SMILES string of the molecule is C=CCO[C@@H]1OC[C@@H](C)[C@H](OC(=O)c2ccccc2)C1OC(=O)c1ccccc1.C=CCO[C@@H]1OC[C@H](N=[N+]=[N-])[C@H](OC(=O)c2ccccc2)C1OC(=O)c1ccccc1.[2H]CF.[N-]=[N+]=[N-].[Na+]. The summed E-state index contributed by atoms with van der Waals surface area (Å²) in [7, 11) is -1.00. The number of hydrogen-bond donors (Lipinski definition) is 0. The van der Waals surface area contributed by atoms with Crippen LogP contribution in [0.5, 0.6) is 0 Å². The Morgan fingerprint density at radius 3 is 1.27 bits per heavy atom. The van der Waals surface area contributed by atoms with E-state index in [1.165, 1.54) is 11.0 Å². The number of ether oxygens (including phenoxy) is 8. The number of halogens is 1. The third kappa shape index (κ3) is 17.5. The fraction of sp³-hybridized carbons (Fsp3) is 0.304. The molecule has 0 saturated carbocycles. The third-order valence-corrected chi connectivity index (χ3v) is 9.05. The van der Waals surface area contributed by atoms with E-state index in [0.717, 1.165) is 0 Å². The minimum atomic E-state index is -1.18. The number of rotatable bonds is 15. The zero-order chi connectivity index (χ0) is 48.1. The molecule has 66 heavy (non-hydrogen) atoms. The molecule has 18 nitrogen and oxygen atoms in total. The van der Waals surface area contributed by atoms with Gasteiger partial charge in [0.1, 0.15) is 12.1 Å². The number of nitrogens with zero attached hydrogens (tertiary/aromatic N) is 6. The van der Waals surface area contributed by atoms with E-state index in [1.807, 2.05) is 19.1 Å². The van der Waals surface area contributed by atoms with E-state index in [0.29, 0.717) is 28.9 Å². The van der Waals surface area contributed by atoms with Crippen molar-refractivity contribution in [2.75, 3.05) is 33.6 Å². The molecular weight excluding hydrogens is 871 g/mol. The molecule has 4 aromatic rings. The molecule has 2 heterocycles. The van der Waals surface area contributed by atoms with Gasteiger partial charge in [-0.2, -0.15) is 0 Å². The molecule has 4 aromatic carbocycles. The molecule has 0 aliphatic carbocycles. The molecule has 0 aromatic heterocycles. The van der Waals surface area contributed by atoms with Crippen LogP contribution in [-0.2, 0) is 37.9 Å². The average Bonchev–Trinajstić information content (AvgIpc) is 3.34. The standard InChI is InChI=1S/C23H24O6.C22H21N3O6.CH3F.N3.Na/c1-3-14-26-23-20(29-22(25)18-12-8-5-9-13-18)19(16(2)15-27-23)28-21(24)17-10-6-4-7-11-17;1-2-13-28-22-19(31-21(27)16-11-7-4-8-12-16)18(17(14-29-22)24-25-23)30-20(26)15-9-5-3-6-10-15;1-2;1-3-2;/h3-13,16,19-20,23H,1,14-15H2,2H3;2-12,17-19,22H,1,13-14H2;1H3;;/q;;;-1;+1/t16-,19+,20?,23-;17-,18-,19?,22+;;;/m10.../s1/i;;1D;;. The van der Waals surface area contributed by atoms with Gasteiger partial charge in [0.2, 0.25) is 0 Å². The first-order valence-electron chi connectivity index (χ1n) is 20.4. The van der Waals surface area contributed by atoms with E-state index >= 15 is 0 Å². The van der Waals surface area contributed by atoms with Crippen LogP contribution in [0.15, 0.2) is 152 Å². The first-order valence-corrected chi connectivity index (χ1v) is 19.7. The smallest absolute Gasteiger partial charge is 0.454 e. The van der Waals surface area contributed by atoms with Crippen LogP contribution in [0.1, 0.15) is 49.7 Å². The summed E-state index contributed by atoms with van der Waals surface area (Å²) in [5, 5.41) is 3.67. The van der Waals surface area contributed by atoms with Crippen molar-refractivity contribution in [3.63, 3.8) is 0 Å². The number of hydrogen-bond acceptors (Lipinski definition) is 13. The Labute approximate surface area is 404 Å². The number of carbonyl (C=O) groups excluding carboxylic acids is 4. The molecule has 0 amide bonds. The van der Waals surface area contributed by atoms with Gasteiger partial charge >= 0.3 is 53.4 Å². The maximum atomic E-state index is 12.7. The Kier molecular flexibility index (Phi) is 25.8. The molecule has 0 spiro atoms. The van der Waals surface area contributed by atoms with Crippen molar-refractivity contribution in [3.05, 3.63) is 195 Å². The molecule has 2 aliphatic rings. The van der Waals surface area contributed by atoms with Crippen LogP contribution >= 0.6 is 0 Å². The topological polar surface area (TPSA) is 250 Å². The molecular formula is C46H48FN6NaO12. The third-order valence-electron chi connectivity index (χ3n) is 9.05. The number of carbonyl (C=O) groups is 4. The maximum Gasteiger partial charge on any atom is 1.00 e. The zero-order valence-corrected chi connectivity index (χ0v) is 38.2. The van der Waals surface area contributed by atoms with Gasteiger partial charge in [-0.25, -0.2) is 19.2 Å². The quantitative estimate of drug-likeness (QED) is 0.0262. The van der Waals surface area contributed by atoms with Crippen molar-refractivity contribution in [1.82, 2.24) is 0 Å². The molecule has 20 heteroatoms. The largest absolute Gasteiger partial charge is 1.00 e. The molecule has 8 atom stereocenters. The molecule has 0 radical (unpaired) electrons. The van der Waals surface area contributed by atoms with E-state index < -0.39 is 74.1 Å². The maximum absolute atomic E-state index is 12.7. The second-order valence-electron chi connectivity index (χ2n) is 13.4. The van der Waals surface area contributed by atoms with Gasteiger partial charge in [0, 0.05) is 10.8 Å². The van der Waals surface area contributed by atoms with Crippen molar-refractivity contribution in [3.8, 4) is 0 Å². The Morgan fingerprint density at radius 2 is 0.939 bits per heavy atom. The van der Waals surface area contributed by atoms with E-state index in [1.54, 1.807) is 115 Å². The minimum absolute atomic E-state index is 0. The van der Waals surface area contributed by atoms with E-state index in [-0.39, 0.29) is 55.3 Å². The number of alkyl halides is 1. The van der Waals surface area contributed by atoms with Crippen LogP contribution < -0.4 is 29.6 Å². The van der Waals surface area contributed by atoms with Crippen molar-refractivity contribution in [1.29, 1.82) is 0 Å². The van der Waals surface area contributed by atoms with Crippen LogP contribution in [0.4, 0.5) is 4.39 Å². The van der Waals surface area contributed by atoms with Crippen molar-refractivity contribution in [2.24, 2.45) is 11.0 Å². The van der Waals surface area contributed by atoms with Gasteiger partial charge in [-0.3, -0.25) is 9.30 Å². The molecule has 2 aliphatic heterocycles. The Hall–Kier alpha value is -6.37. The first-order chi connectivity index (χ1) is 32.1. The minimum Gasteiger partial charge on any atom is -0.454 e. The molecule has 0 N–H and O–H groups in total. The molecule has 2 unspecified atom stereocenters. The summed E-state index contributed by atoms with van der Waals surface area (Å²) >= 11 is 0. The van der Waals surface area contributed by atoms with Crippen LogP contribution in [0.3, 0.4) is 0 Å². The second-order valence-corrected chi connectivity index (χ2v) is 13.4. The summed E-state index contributed by atoms with van der Waals surface area (Å²) in [6, 6.07) is 33.0. The summed E-state index contributed by atoms with van der Waals surface area (Å²) in [4.78, 5) is 55.0. The summed E-state index contributed by atoms with van der Waals surface area (Å²) in [6.07, 6.45) is -2.79. The predicted molar refractivity (Wildman–Crippen MR) is 234 cm³/mol. The fourth-order valence-electron chi connectivity index (χ4n) is 6.09. The van der Waals surface area contributed by atoms with Gasteiger partial charge in [0.25, 0.3) is 0 Å². The molecule has 0 bridgehead atoms. The Morgan fingerprint density at radius 1 is 0.636 bits per heavy atom. The first kappa shape index (κ1) is 54.0. The zero-order valence-electron chi connectivity index (χ0n) is 37.2. The normalized spacial score (nSPS) is 21.5. The molecule has 342 valence electrons. The molecule has 6 rings (SSSR count). The summed E-state index contributed by atoms with van der Waals surface area (Å²) in [5.74, 6) is -2.55. The monoisotopic (exact) mass is 919 g/mol. The van der Waals surface area contributed by atoms with Gasteiger partial charge in [0.15, 0.2) is 30.9 Å². The summed E-state index contributed by atoms with van der Waals surface area (Å²) < 4.78 is 60.8. The van der Waals surface area contributed by atoms with Crippen LogP contribution in [-0.4, -0.2) is 100 Å². The van der Waals surface area contributed by atoms with Gasteiger partial charge in [-0.15, -0.1) is 13.2 Å². The summed E-state index contributed by atoms with van der Waals surface area (Å²) in [6.45, 7) is 9.61. The predicted octanol–water partition coefficient (Wildman–Crippen LogP) is 5.76. The van der Waals surface area contributed by atoms with Crippen LogP contribution in [0, 0.1) is 5.92 Å². The van der Waals surface area contributed by atoms with Gasteiger partial charge in [0.05, 0.1) is 57.2 Å². The molecule has 2 saturated heterocycles. The van der Waals surface area contributed by atoms with Crippen molar-refractivity contribution in [2.45, 2.75) is 50.0 Å². The van der Waals surface area contributed by atoms with E-state index in [9.17, 15) is 23.6 Å². The fourth-order valence-corrected chi connectivity index (χ4v) is 6.09. The molecule has 2 fully saturated rings. The van der Waals surface area contributed by atoms with E-state index in [2.05, 4.69) is 23.2 Å². The van der Waals surface area contributed by atoms with Crippen LogP contribution in [0.2, 0.25) is 0 Å². The average molecular weight is 920 g/mol. The van der Waals surface area contributed by atoms with Crippen LogP contribution in [0.25, 0.3) is 26.4 Å². The van der Waals surface area contributed by atoms with Gasteiger partial charge in [-0.1, -0.05) is 97.0 Å². The number of esters is 4. The van der Waals surface area contributed by atoms with Crippen molar-refractivity contribution >= 4 is 23.9 Å². The number of azide groups is 1. The number of benzene rings is 4. The summed E-state index contributed by atoms with van der Waals surface area (Å²) in [5.41, 5.74) is 23.9.